The molecule has 0 spiro atoms. The van der Waals surface area contributed by atoms with Crippen LogP contribution in [-0.2, 0) is 23.9 Å². The highest BCUT2D eigenvalue weighted by molar-refractivity contribution is 6.04. The minimum atomic E-state index is -1.87. The van der Waals surface area contributed by atoms with Crippen LogP contribution in [0.5, 0.6) is 0 Å². The molecule has 0 aliphatic heterocycles. The Morgan fingerprint density at radius 3 is 2.37 bits per heavy atom. The van der Waals surface area contributed by atoms with E-state index in [1.54, 1.807) is 39.0 Å². The molecule has 8 atom stereocenters. The molecule has 0 aromatic carbocycles. The number of hydrogen-bond acceptors (Lipinski definition) is 8. The summed E-state index contributed by atoms with van der Waals surface area (Å²) in [6.07, 6.45) is 13.3. The van der Waals surface area contributed by atoms with Crippen LogP contribution in [0, 0.1) is 29.1 Å². The van der Waals surface area contributed by atoms with Crippen molar-refractivity contribution in [3.05, 3.63) is 34.9 Å². The highest BCUT2D eigenvalue weighted by atomic mass is 16.6. The predicted octanol–water partition coefficient (Wildman–Crippen LogP) is 5.14. The summed E-state index contributed by atoms with van der Waals surface area (Å²) in [5.74, 6) is -3.74. The first kappa shape index (κ1) is 33.6. The summed E-state index contributed by atoms with van der Waals surface area (Å²) in [6, 6.07) is 0. The van der Waals surface area contributed by atoms with Gasteiger partial charge in [-0.1, -0.05) is 77.5 Å². The molecule has 0 aromatic rings. The van der Waals surface area contributed by atoms with Crippen molar-refractivity contribution in [1.29, 1.82) is 0 Å². The summed E-state index contributed by atoms with van der Waals surface area (Å²) in [5, 5.41) is 34.6. The number of hydrogen-bond donors (Lipinski definition) is 3. The van der Waals surface area contributed by atoms with Gasteiger partial charge in [-0.3, -0.25) is 9.59 Å². The maximum absolute atomic E-state index is 13.2. The molecule has 4 aliphatic carbocycles. The van der Waals surface area contributed by atoms with Crippen LogP contribution in [0.1, 0.15) is 106 Å². The first-order valence-corrected chi connectivity index (χ1v) is 16.3. The van der Waals surface area contributed by atoms with E-state index in [2.05, 4.69) is 6.92 Å². The molecule has 4 rings (SSSR count). The number of rotatable bonds is 13. The molecule has 43 heavy (non-hydrogen) atoms. The van der Waals surface area contributed by atoms with Crippen molar-refractivity contribution in [2.24, 2.45) is 29.1 Å². The number of allylic oxidation sites excluding steroid dienone is 1. The minimum Gasteiger partial charge on any atom is -0.465 e. The molecular formula is C35H52O8. The number of esters is 2. The van der Waals surface area contributed by atoms with Gasteiger partial charge in [0.25, 0.3) is 0 Å². The Kier molecular flexibility index (Phi) is 9.85. The summed E-state index contributed by atoms with van der Waals surface area (Å²) >= 11 is 0. The molecule has 8 heteroatoms. The second kappa shape index (κ2) is 12.6. The average Bonchev–Trinajstić information content (AvgIpc) is 3.42. The zero-order valence-electron chi connectivity index (χ0n) is 26.9. The molecule has 8 nitrogen and oxygen atoms in total. The van der Waals surface area contributed by atoms with Crippen LogP contribution >= 0.6 is 0 Å². The van der Waals surface area contributed by atoms with Gasteiger partial charge in [0.1, 0.15) is 17.8 Å². The average molecular weight is 601 g/mol. The molecule has 0 amide bonds. The molecule has 0 saturated heterocycles. The fourth-order valence-corrected chi connectivity index (χ4v) is 8.51. The van der Waals surface area contributed by atoms with E-state index in [1.165, 1.54) is 25.7 Å². The minimum absolute atomic E-state index is 0.0134. The third-order valence-electron chi connectivity index (χ3n) is 11.2. The Bertz CT molecular complexity index is 1200. The maximum Gasteiger partial charge on any atom is 0.333 e. The summed E-state index contributed by atoms with van der Waals surface area (Å²) in [7, 11) is 0. The van der Waals surface area contributed by atoms with Gasteiger partial charge in [-0.15, -0.1) is 0 Å². The van der Waals surface area contributed by atoms with E-state index >= 15 is 0 Å². The second-order valence-electron chi connectivity index (χ2n) is 13.9. The molecule has 0 heterocycles. The van der Waals surface area contributed by atoms with Crippen LogP contribution in [0.15, 0.2) is 34.9 Å². The quantitative estimate of drug-likeness (QED) is 0.115. The summed E-state index contributed by atoms with van der Waals surface area (Å²) in [4.78, 5) is 39.3. The highest BCUT2D eigenvalue weighted by Gasteiger charge is 2.85. The molecule has 1 unspecified atom stereocenters. The van der Waals surface area contributed by atoms with E-state index in [-0.39, 0.29) is 32.0 Å². The SMILES string of the molecule is C/C=C(/C)C(=O)OC12C[C@@H](C)[C@@]3(O)[C@@H](C=C(CO)C[C@]4(O)C(=O)C(C)=C[C@@H]34)[C@@H]1[C@@]2(C)COC(=O)CCCCCCCCC. The van der Waals surface area contributed by atoms with Crippen LogP contribution < -0.4 is 0 Å². The van der Waals surface area contributed by atoms with Gasteiger partial charge in [0.15, 0.2) is 5.78 Å². The Labute approximate surface area is 256 Å². The molecule has 2 saturated carbocycles. The zero-order chi connectivity index (χ0) is 31.8. The van der Waals surface area contributed by atoms with Gasteiger partial charge in [-0.2, -0.15) is 0 Å². The molecule has 4 aliphatic rings. The Morgan fingerprint density at radius 1 is 1.09 bits per heavy atom. The number of fused-ring (bicyclic) bond motifs is 5. The van der Waals surface area contributed by atoms with E-state index < -0.39 is 57.6 Å². The number of aliphatic hydroxyl groups excluding tert-OH is 1. The van der Waals surface area contributed by atoms with Crippen molar-refractivity contribution < 1.29 is 39.2 Å². The van der Waals surface area contributed by atoms with Gasteiger partial charge in [0, 0.05) is 41.6 Å². The van der Waals surface area contributed by atoms with Crippen molar-refractivity contribution in [3.63, 3.8) is 0 Å². The molecule has 240 valence electrons. The number of aliphatic hydroxyl groups is 3. The van der Waals surface area contributed by atoms with Gasteiger partial charge in [-0.05, 0) is 50.7 Å². The number of carbonyl (C=O) groups is 3. The lowest BCUT2D eigenvalue weighted by atomic mass is 9.60. The van der Waals surface area contributed by atoms with Crippen LogP contribution in [0.25, 0.3) is 0 Å². The topological polar surface area (TPSA) is 130 Å². The zero-order valence-corrected chi connectivity index (χ0v) is 26.9. The fourth-order valence-electron chi connectivity index (χ4n) is 8.51. The van der Waals surface area contributed by atoms with Crippen molar-refractivity contribution in [3.8, 4) is 0 Å². The van der Waals surface area contributed by atoms with E-state index in [1.807, 2.05) is 13.8 Å². The second-order valence-corrected chi connectivity index (χ2v) is 13.9. The van der Waals surface area contributed by atoms with E-state index in [0.717, 1.165) is 19.3 Å². The van der Waals surface area contributed by atoms with E-state index in [0.29, 0.717) is 23.1 Å². The summed E-state index contributed by atoms with van der Waals surface area (Å²) in [6.45, 7) is 10.7. The molecule has 0 bridgehead atoms. The van der Waals surface area contributed by atoms with Crippen LogP contribution in [0.2, 0.25) is 0 Å². The van der Waals surface area contributed by atoms with Gasteiger partial charge in [-0.25, -0.2) is 4.79 Å². The van der Waals surface area contributed by atoms with Crippen LogP contribution in [-0.4, -0.2) is 63.1 Å². The third-order valence-corrected chi connectivity index (χ3v) is 11.2. The Morgan fingerprint density at radius 2 is 1.74 bits per heavy atom. The van der Waals surface area contributed by atoms with Crippen molar-refractivity contribution in [2.45, 2.75) is 123 Å². The van der Waals surface area contributed by atoms with Gasteiger partial charge < -0.3 is 24.8 Å². The van der Waals surface area contributed by atoms with Gasteiger partial charge >= 0.3 is 11.9 Å². The normalized spacial score (nSPS) is 38.3. The van der Waals surface area contributed by atoms with Crippen LogP contribution in [0.4, 0.5) is 0 Å². The number of Topliss-reactive ketones (excluding diaryl/α,β-unsaturated/α-hetero) is 1. The summed E-state index contributed by atoms with van der Waals surface area (Å²) < 4.78 is 12.2. The van der Waals surface area contributed by atoms with Gasteiger partial charge in [0.2, 0.25) is 0 Å². The first-order valence-electron chi connectivity index (χ1n) is 16.3. The van der Waals surface area contributed by atoms with E-state index in [4.69, 9.17) is 9.47 Å². The maximum atomic E-state index is 13.2. The molecule has 3 N–H and O–H groups in total. The van der Waals surface area contributed by atoms with Crippen LogP contribution in [0.3, 0.4) is 0 Å². The molecule has 0 aromatic heterocycles. The van der Waals surface area contributed by atoms with Gasteiger partial charge in [0.05, 0.1) is 12.2 Å². The third kappa shape index (κ3) is 5.57. The number of carbonyl (C=O) groups excluding carboxylic acids is 3. The lowest BCUT2D eigenvalue weighted by molar-refractivity contribution is -0.185. The molecule has 0 radical (unpaired) electrons. The largest absolute Gasteiger partial charge is 0.465 e. The van der Waals surface area contributed by atoms with Crippen molar-refractivity contribution in [2.75, 3.05) is 13.2 Å². The fraction of sp³-hybridized carbons (Fsp3) is 0.743. The predicted molar refractivity (Wildman–Crippen MR) is 163 cm³/mol. The number of ether oxygens (including phenoxy) is 2. The highest BCUT2D eigenvalue weighted by Crippen LogP contribution is 2.77. The smallest absolute Gasteiger partial charge is 0.333 e. The molecular weight excluding hydrogens is 548 g/mol. The lowest BCUT2D eigenvalue weighted by Gasteiger charge is -2.50. The Hall–Kier alpha value is -2.29. The lowest BCUT2D eigenvalue weighted by Crippen LogP contribution is -2.61. The van der Waals surface area contributed by atoms with E-state index in [9.17, 15) is 29.7 Å². The monoisotopic (exact) mass is 600 g/mol. The Balaban J connectivity index is 1.62. The van der Waals surface area contributed by atoms with Crippen molar-refractivity contribution in [1.82, 2.24) is 0 Å². The summed E-state index contributed by atoms with van der Waals surface area (Å²) in [5.41, 5.74) is -4.00. The first-order chi connectivity index (χ1) is 20.3. The number of ketones is 1. The number of unbranched alkanes of at least 4 members (excludes halogenated alkanes) is 6. The molecule has 2 fully saturated rings. The standard InChI is InChI=1S/C35H52O8/c1-7-9-10-11-12-13-14-15-28(37)42-21-32(6)29-26-17-25(20-36)19-33(40)27(16-23(4)30(33)38)35(26,41)24(5)18-34(29,32)43-31(39)22(3)8-2/h8,16-17,24,26-27,29,36,40-41H,7,9-15,18-21H2,1-6H3/b22-8-/t24-,26+,27-,29-,32-,33-,34?,35-/m1/s1. The van der Waals surface area contributed by atoms with Crippen molar-refractivity contribution >= 4 is 17.7 Å².